The number of carbonyl (C=O) groups excluding carboxylic acids is 1. The Balaban J connectivity index is 1.87. The average Bonchev–Trinajstić information content (AvgIpc) is 2.51. The van der Waals surface area contributed by atoms with E-state index in [0.717, 1.165) is 17.9 Å². The van der Waals surface area contributed by atoms with Gasteiger partial charge in [0.05, 0.1) is 5.75 Å². The van der Waals surface area contributed by atoms with Crippen molar-refractivity contribution in [1.82, 2.24) is 4.98 Å². The number of aromatic nitrogens is 1. The lowest BCUT2D eigenvalue weighted by Gasteiger charge is -2.06. The van der Waals surface area contributed by atoms with E-state index in [2.05, 4.69) is 16.9 Å². The highest BCUT2D eigenvalue weighted by Crippen LogP contribution is 2.13. The van der Waals surface area contributed by atoms with Gasteiger partial charge < -0.3 is 5.32 Å². The van der Waals surface area contributed by atoms with Crippen LogP contribution in [-0.2, 0) is 11.2 Å². The Kier molecular flexibility index (Phi) is 6.03. The lowest BCUT2D eigenvalue weighted by Crippen LogP contribution is -2.14. The van der Waals surface area contributed by atoms with Gasteiger partial charge in [-0.15, -0.1) is 18.3 Å². The Labute approximate surface area is 129 Å². The molecule has 21 heavy (non-hydrogen) atoms. The molecule has 2 aromatic rings. The Morgan fingerprint density at radius 2 is 1.81 bits per heavy atom. The molecule has 0 aliphatic carbocycles. The van der Waals surface area contributed by atoms with E-state index >= 15 is 0 Å². The molecule has 0 aliphatic heterocycles. The maximum absolute atomic E-state index is 11.7. The zero-order valence-electron chi connectivity index (χ0n) is 11.8. The van der Waals surface area contributed by atoms with Crippen molar-refractivity contribution >= 4 is 23.4 Å². The lowest BCUT2D eigenvalue weighted by molar-refractivity contribution is -0.113. The highest BCUT2D eigenvalue weighted by Gasteiger charge is 2.02. The topological polar surface area (TPSA) is 42.0 Å². The molecule has 0 radical (unpaired) electrons. The molecule has 3 nitrogen and oxygen atoms in total. The average molecular weight is 298 g/mol. The molecule has 0 aliphatic rings. The predicted octanol–water partition coefficient (Wildman–Crippen LogP) is 3.53. The molecular formula is C17H18N2OS. The summed E-state index contributed by atoms with van der Waals surface area (Å²) in [6.45, 7) is 3.63. The molecule has 0 unspecified atom stereocenters. The molecule has 0 saturated carbocycles. The molecule has 1 heterocycles. The fraction of sp³-hybridized carbons (Fsp3) is 0.176. The van der Waals surface area contributed by atoms with Crippen molar-refractivity contribution in [2.75, 3.05) is 16.8 Å². The van der Waals surface area contributed by atoms with Crippen LogP contribution >= 0.6 is 11.8 Å². The van der Waals surface area contributed by atoms with Gasteiger partial charge in [-0.05, 0) is 41.8 Å². The van der Waals surface area contributed by atoms with Crippen LogP contribution in [0.4, 0.5) is 5.69 Å². The minimum atomic E-state index is 0.0173. The summed E-state index contributed by atoms with van der Waals surface area (Å²) >= 11 is 1.55. The molecular weight excluding hydrogens is 280 g/mol. The van der Waals surface area contributed by atoms with E-state index < -0.39 is 0 Å². The maximum Gasteiger partial charge on any atom is 0.234 e. The second kappa shape index (κ2) is 8.27. The third-order valence-corrected chi connectivity index (χ3v) is 3.80. The first-order valence-corrected chi connectivity index (χ1v) is 7.90. The second-order valence-corrected chi connectivity index (χ2v) is 5.61. The van der Waals surface area contributed by atoms with Crippen molar-refractivity contribution < 1.29 is 4.79 Å². The van der Waals surface area contributed by atoms with Crippen molar-refractivity contribution in [3.8, 4) is 0 Å². The molecule has 0 bridgehead atoms. The molecule has 0 saturated heterocycles. The minimum absolute atomic E-state index is 0.0173. The first-order valence-electron chi connectivity index (χ1n) is 6.74. The number of nitrogens with one attached hydrogen (secondary N) is 1. The normalized spacial score (nSPS) is 10.1. The van der Waals surface area contributed by atoms with E-state index in [1.54, 1.807) is 30.2 Å². The number of rotatable bonds is 7. The van der Waals surface area contributed by atoms with E-state index in [9.17, 15) is 4.79 Å². The van der Waals surface area contributed by atoms with E-state index in [1.807, 2.05) is 36.4 Å². The number of nitrogens with zero attached hydrogens (tertiary/aromatic N) is 1. The fourth-order valence-corrected chi connectivity index (χ4v) is 2.42. The summed E-state index contributed by atoms with van der Waals surface area (Å²) in [6, 6.07) is 12.0. The summed E-state index contributed by atoms with van der Waals surface area (Å²) in [5, 5.41) is 2.89. The Bertz CT molecular complexity index is 581. The quantitative estimate of drug-likeness (QED) is 0.628. The van der Waals surface area contributed by atoms with Crippen LogP contribution in [0.5, 0.6) is 0 Å². The summed E-state index contributed by atoms with van der Waals surface area (Å²) < 4.78 is 0. The fourth-order valence-electron chi connectivity index (χ4n) is 1.87. The van der Waals surface area contributed by atoms with Gasteiger partial charge in [0.1, 0.15) is 0 Å². The lowest BCUT2D eigenvalue weighted by atomic mass is 10.1. The Morgan fingerprint density at radius 1 is 1.14 bits per heavy atom. The molecule has 4 heteroatoms. The highest BCUT2D eigenvalue weighted by atomic mass is 32.2. The standard InChI is InChI=1S/C17H18N2OS/c1-2-11-21-13-17(20)19-16-5-3-14(4-6-16)12-15-7-9-18-10-8-15/h2-10H,1,11-13H2,(H,19,20). The highest BCUT2D eigenvalue weighted by molar-refractivity contribution is 8.00. The molecule has 1 amide bonds. The number of pyridine rings is 1. The van der Waals surface area contributed by atoms with Crippen LogP contribution in [0.25, 0.3) is 0 Å². The van der Waals surface area contributed by atoms with Gasteiger partial charge in [0.25, 0.3) is 0 Å². The smallest absolute Gasteiger partial charge is 0.234 e. The van der Waals surface area contributed by atoms with Crippen LogP contribution in [0.2, 0.25) is 0 Å². The largest absolute Gasteiger partial charge is 0.325 e. The van der Waals surface area contributed by atoms with Gasteiger partial charge in [0, 0.05) is 23.8 Å². The van der Waals surface area contributed by atoms with Gasteiger partial charge in [0.15, 0.2) is 0 Å². The van der Waals surface area contributed by atoms with E-state index in [-0.39, 0.29) is 5.91 Å². The van der Waals surface area contributed by atoms with Crippen LogP contribution in [0.1, 0.15) is 11.1 Å². The zero-order chi connectivity index (χ0) is 14.9. The van der Waals surface area contributed by atoms with Crippen molar-refractivity contribution in [2.24, 2.45) is 0 Å². The van der Waals surface area contributed by atoms with Gasteiger partial charge in [-0.2, -0.15) is 0 Å². The molecule has 0 atom stereocenters. The van der Waals surface area contributed by atoms with Crippen LogP contribution in [0, 0.1) is 0 Å². The monoisotopic (exact) mass is 298 g/mol. The first-order chi connectivity index (χ1) is 10.3. The molecule has 2 rings (SSSR count). The number of hydrogen-bond acceptors (Lipinski definition) is 3. The number of anilines is 1. The molecule has 1 aromatic heterocycles. The third-order valence-electron chi connectivity index (χ3n) is 2.86. The van der Waals surface area contributed by atoms with Crippen molar-refractivity contribution in [1.29, 1.82) is 0 Å². The Morgan fingerprint density at radius 3 is 2.48 bits per heavy atom. The zero-order valence-corrected chi connectivity index (χ0v) is 12.6. The minimum Gasteiger partial charge on any atom is -0.325 e. The summed E-state index contributed by atoms with van der Waals surface area (Å²) in [5.74, 6) is 1.26. The Hall–Kier alpha value is -2.07. The SMILES string of the molecule is C=CCSCC(=O)Nc1ccc(Cc2ccncc2)cc1. The van der Waals surface area contributed by atoms with Gasteiger partial charge in [-0.1, -0.05) is 18.2 Å². The summed E-state index contributed by atoms with van der Waals surface area (Å²) in [4.78, 5) is 15.7. The first kappa shape index (κ1) is 15.3. The van der Waals surface area contributed by atoms with Gasteiger partial charge in [-0.25, -0.2) is 0 Å². The maximum atomic E-state index is 11.7. The molecule has 0 fully saturated rings. The second-order valence-electron chi connectivity index (χ2n) is 4.58. The van der Waals surface area contributed by atoms with Crippen LogP contribution < -0.4 is 5.32 Å². The van der Waals surface area contributed by atoms with Crippen molar-refractivity contribution in [3.63, 3.8) is 0 Å². The molecule has 1 N–H and O–H groups in total. The number of carbonyl (C=O) groups is 1. The van der Waals surface area contributed by atoms with Crippen LogP contribution in [0.3, 0.4) is 0 Å². The number of amides is 1. The van der Waals surface area contributed by atoms with Crippen molar-refractivity contribution in [2.45, 2.75) is 6.42 Å². The van der Waals surface area contributed by atoms with Gasteiger partial charge >= 0.3 is 0 Å². The van der Waals surface area contributed by atoms with Crippen molar-refractivity contribution in [3.05, 3.63) is 72.6 Å². The van der Waals surface area contributed by atoms with E-state index in [4.69, 9.17) is 0 Å². The number of hydrogen-bond donors (Lipinski definition) is 1. The van der Waals surface area contributed by atoms with Crippen LogP contribution in [0.15, 0.2) is 61.4 Å². The molecule has 0 spiro atoms. The summed E-state index contributed by atoms with van der Waals surface area (Å²) in [6.07, 6.45) is 6.26. The van der Waals surface area contributed by atoms with E-state index in [0.29, 0.717) is 5.75 Å². The molecule has 1 aromatic carbocycles. The third kappa shape index (κ3) is 5.44. The number of thioether (sulfide) groups is 1. The summed E-state index contributed by atoms with van der Waals surface area (Å²) in [7, 11) is 0. The predicted molar refractivity (Wildman–Crippen MR) is 89.6 cm³/mol. The van der Waals surface area contributed by atoms with Crippen LogP contribution in [-0.4, -0.2) is 22.4 Å². The van der Waals surface area contributed by atoms with E-state index in [1.165, 1.54) is 11.1 Å². The van der Waals surface area contributed by atoms with Gasteiger partial charge in [-0.3, -0.25) is 9.78 Å². The number of benzene rings is 1. The summed E-state index contributed by atoms with van der Waals surface area (Å²) in [5.41, 5.74) is 3.26. The van der Waals surface area contributed by atoms with Gasteiger partial charge in [0.2, 0.25) is 5.91 Å². The molecule has 108 valence electrons.